The van der Waals surface area contributed by atoms with Crippen molar-refractivity contribution in [2.75, 3.05) is 5.73 Å². The Balaban J connectivity index is 1.64. The average Bonchev–Trinajstić information content (AvgIpc) is 2.80. The molecule has 0 unspecified atom stereocenters. The number of carbonyl (C=O) groups excluding carboxylic acids is 1. The van der Waals surface area contributed by atoms with Crippen LogP contribution in [0.25, 0.3) is 22.4 Å². The van der Waals surface area contributed by atoms with Crippen molar-refractivity contribution in [1.29, 1.82) is 5.26 Å². The standard InChI is InChI=1S/C25H18N4O2/c26-15-16-4-13-24(21(14-16)17-5-9-19(27)10-6-17)31-20-11-7-18(8-12-20)22-2-1-3-23(29-22)25(28)30/h1-14H,27H2,(H2,28,30). The Kier molecular flexibility index (Phi) is 5.33. The number of ether oxygens (including phenoxy) is 1. The molecule has 3 aromatic carbocycles. The normalized spacial score (nSPS) is 10.3. The largest absolute Gasteiger partial charge is 0.457 e. The van der Waals surface area contributed by atoms with Crippen LogP contribution in [0.1, 0.15) is 16.1 Å². The van der Waals surface area contributed by atoms with Crippen LogP contribution in [0.15, 0.2) is 84.9 Å². The molecule has 6 nitrogen and oxygen atoms in total. The minimum atomic E-state index is -0.571. The molecule has 6 heteroatoms. The summed E-state index contributed by atoms with van der Waals surface area (Å²) >= 11 is 0. The number of nitrogens with zero attached hydrogens (tertiary/aromatic N) is 2. The molecule has 0 atom stereocenters. The van der Waals surface area contributed by atoms with Gasteiger partial charge in [0.1, 0.15) is 17.2 Å². The van der Waals surface area contributed by atoms with Crippen molar-refractivity contribution in [2.45, 2.75) is 0 Å². The van der Waals surface area contributed by atoms with Crippen LogP contribution in [-0.2, 0) is 0 Å². The lowest BCUT2D eigenvalue weighted by Gasteiger charge is -2.13. The fraction of sp³-hybridized carbons (Fsp3) is 0. The van der Waals surface area contributed by atoms with Crippen molar-refractivity contribution in [3.63, 3.8) is 0 Å². The third-order valence-corrected chi connectivity index (χ3v) is 4.71. The number of nitrogen functional groups attached to an aromatic ring is 1. The summed E-state index contributed by atoms with van der Waals surface area (Å²) in [6, 6.07) is 27.3. The predicted octanol–water partition coefficient (Wildman–Crippen LogP) is 4.76. The van der Waals surface area contributed by atoms with E-state index in [0.717, 1.165) is 16.7 Å². The van der Waals surface area contributed by atoms with Gasteiger partial charge in [-0.25, -0.2) is 4.98 Å². The first-order chi connectivity index (χ1) is 15.0. The molecule has 0 aliphatic rings. The second-order valence-electron chi connectivity index (χ2n) is 6.84. The Morgan fingerprint density at radius 1 is 0.903 bits per heavy atom. The summed E-state index contributed by atoms with van der Waals surface area (Å²) in [6.45, 7) is 0. The first-order valence-electron chi connectivity index (χ1n) is 9.49. The number of hydrogen-bond donors (Lipinski definition) is 2. The third kappa shape index (κ3) is 4.36. The maximum absolute atomic E-state index is 11.4. The maximum atomic E-state index is 11.4. The zero-order valence-electron chi connectivity index (χ0n) is 16.4. The van der Waals surface area contributed by atoms with E-state index in [0.29, 0.717) is 28.4 Å². The van der Waals surface area contributed by atoms with Gasteiger partial charge in [0.25, 0.3) is 5.91 Å². The zero-order valence-corrected chi connectivity index (χ0v) is 16.4. The molecule has 4 rings (SSSR count). The van der Waals surface area contributed by atoms with E-state index in [1.54, 1.807) is 42.5 Å². The first kappa shape index (κ1) is 19.7. The summed E-state index contributed by atoms with van der Waals surface area (Å²) in [5.41, 5.74) is 15.7. The SMILES string of the molecule is N#Cc1ccc(Oc2ccc(-c3cccc(C(N)=O)n3)cc2)c(-c2ccc(N)cc2)c1. The van der Waals surface area contributed by atoms with Crippen LogP contribution in [-0.4, -0.2) is 10.9 Å². The monoisotopic (exact) mass is 406 g/mol. The van der Waals surface area contributed by atoms with E-state index in [1.165, 1.54) is 0 Å². The predicted molar refractivity (Wildman–Crippen MR) is 119 cm³/mol. The molecule has 0 bridgehead atoms. The molecule has 0 aliphatic carbocycles. The Morgan fingerprint density at radius 3 is 2.29 bits per heavy atom. The minimum absolute atomic E-state index is 0.212. The molecule has 4 N–H and O–H groups in total. The van der Waals surface area contributed by atoms with Gasteiger partial charge in [0, 0.05) is 16.8 Å². The Hall–Kier alpha value is -4.63. The molecular weight excluding hydrogens is 388 g/mol. The van der Waals surface area contributed by atoms with Gasteiger partial charge in [0.05, 0.1) is 17.3 Å². The highest BCUT2D eigenvalue weighted by molar-refractivity contribution is 5.91. The van der Waals surface area contributed by atoms with Crippen molar-refractivity contribution >= 4 is 11.6 Å². The number of pyridine rings is 1. The van der Waals surface area contributed by atoms with Gasteiger partial charge in [-0.05, 0) is 72.3 Å². The topological polar surface area (TPSA) is 115 Å². The molecule has 0 saturated heterocycles. The zero-order chi connectivity index (χ0) is 21.8. The van der Waals surface area contributed by atoms with Crippen molar-refractivity contribution in [1.82, 2.24) is 4.98 Å². The third-order valence-electron chi connectivity index (χ3n) is 4.71. The second kappa shape index (κ2) is 8.39. The molecule has 1 heterocycles. The van der Waals surface area contributed by atoms with E-state index in [4.69, 9.17) is 16.2 Å². The smallest absolute Gasteiger partial charge is 0.267 e. The fourth-order valence-electron chi connectivity index (χ4n) is 3.13. The van der Waals surface area contributed by atoms with Gasteiger partial charge in [-0.1, -0.05) is 18.2 Å². The number of anilines is 1. The number of nitriles is 1. The van der Waals surface area contributed by atoms with Crippen LogP contribution in [0.4, 0.5) is 5.69 Å². The van der Waals surface area contributed by atoms with Crippen molar-refractivity contribution < 1.29 is 9.53 Å². The van der Waals surface area contributed by atoms with Crippen LogP contribution in [0.2, 0.25) is 0 Å². The Morgan fingerprint density at radius 2 is 1.61 bits per heavy atom. The number of benzene rings is 3. The van der Waals surface area contributed by atoms with Gasteiger partial charge in [-0.15, -0.1) is 0 Å². The van der Waals surface area contributed by atoms with E-state index in [2.05, 4.69) is 11.1 Å². The van der Waals surface area contributed by atoms with Crippen LogP contribution < -0.4 is 16.2 Å². The first-order valence-corrected chi connectivity index (χ1v) is 9.49. The average molecular weight is 406 g/mol. The van der Waals surface area contributed by atoms with Crippen molar-refractivity contribution in [3.8, 4) is 40.0 Å². The molecule has 31 heavy (non-hydrogen) atoms. The molecule has 0 aliphatic heterocycles. The Labute approximate surface area is 179 Å². The summed E-state index contributed by atoms with van der Waals surface area (Å²) < 4.78 is 6.11. The van der Waals surface area contributed by atoms with Crippen LogP contribution >= 0.6 is 0 Å². The molecule has 4 aromatic rings. The van der Waals surface area contributed by atoms with E-state index in [1.807, 2.05) is 42.5 Å². The molecule has 1 amide bonds. The Bertz CT molecular complexity index is 1290. The lowest BCUT2D eigenvalue weighted by Crippen LogP contribution is -2.12. The quantitative estimate of drug-likeness (QED) is 0.464. The number of carbonyl (C=O) groups is 1. The number of primary amides is 1. The molecule has 150 valence electrons. The lowest BCUT2D eigenvalue weighted by atomic mass is 10.0. The highest BCUT2D eigenvalue weighted by atomic mass is 16.5. The second-order valence-corrected chi connectivity index (χ2v) is 6.84. The van der Waals surface area contributed by atoms with Gasteiger partial charge < -0.3 is 16.2 Å². The maximum Gasteiger partial charge on any atom is 0.267 e. The van der Waals surface area contributed by atoms with Gasteiger partial charge in [-0.3, -0.25) is 4.79 Å². The number of rotatable bonds is 5. The molecule has 0 saturated carbocycles. The summed E-state index contributed by atoms with van der Waals surface area (Å²) in [7, 11) is 0. The molecular formula is C25H18N4O2. The van der Waals surface area contributed by atoms with E-state index in [9.17, 15) is 10.1 Å². The van der Waals surface area contributed by atoms with Gasteiger partial charge >= 0.3 is 0 Å². The van der Waals surface area contributed by atoms with Gasteiger partial charge in [0.2, 0.25) is 0 Å². The molecule has 0 fully saturated rings. The lowest BCUT2D eigenvalue weighted by molar-refractivity contribution is 0.0995. The summed E-state index contributed by atoms with van der Waals surface area (Å²) in [6.07, 6.45) is 0. The highest BCUT2D eigenvalue weighted by Gasteiger charge is 2.10. The number of nitrogens with two attached hydrogens (primary N) is 2. The highest BCUT2D eigenvalue weighted by Crippen LogP contribution is 2.35. The summed E-state index contributed by atoms with van der Waals surface area (Å²) in [5.74, 6) is 0.666. The minimum Gasteiger partial charge on any atom is -0.457 e. The van der Waals surface area contributed by atoms with Crippen molar-refractivity contribution in [3.05, 3.63) is 96.2 Å². The van der Waals surface area contributed by atoms with Gasteiger partial charge in [0.15, 0.2) is 0 Å². The van der Waals surface area contributed by atoms with Crippen molar-refractivity contribution in [2.24, 2.45) is 5.73 Å². The number of aromatic nitrogens is 1. The summed E-state index contributed by atoms with van der Waals surface area (Å²) in [4.78, 5) is 15.6. The molecule has 0 radical (unpaired) electrons. The van der Waals surface area contributed by atoms with E-state index >= 15 is 0 Å². The number of hydrogen-bond acceptors (Lipinski definition) is 5. The van der Waals surface area contributed by atoms with Crippen LogP contribution in [0.5, 0.6) is 11.5 Å². The fourth-order valence-corrected chi connectivity index (χ4v) is 3.13. The van der Waals surface area contributed by atoms with Gasteiger partial charge in [-0.2, -0.15) is 5.26 Å². The summed E-state index contributed by atoms with van der Waals surface area (Å²) in [5, 5.41) is 9.28. The van der Waals surface area contributed by atoms with Crippen LogP contribution in [0, 0.1) is 11.3 Å². The van der Waals surface area contributed by atoms with E-state index < -0.39 is 5.91 Å². The van der Waals surface area contributed by atoms with Crippen LogP contribution in [0.3, 0.4) is 0 Å². The number of amides is 1. The van der Waals surface area contributed by atoms with E-state index in [-0.39, 0.29) is 5.69 Å². The molecule has 1 aromatic heterocycles. The molecule has 0 spiro atoms.